The highest BCUT2D eigenvalue weighted by Gasteiger charge is 2.34. The second-order valence-corrected chi connectivity index (χ2v) is 9.96. The molecule has 0 bridgehead atoms. The van der Waals surface area contributed by atoms with Gasteiger partial charge in [-0.1, -0.05) is 24.6 Å². The lowest BCUT2D eigenvalue weighted by atomic mass is 10.1. The molecule has 0 atom stereocenters. The Labute approximate surface area is 191 Å². The minimum atomic E-state index is -4.65. The van der Waals surface area contributed by atoms with Gasteiger partial charge in [-0.2, -0.15) is 22.7 Å². The Morgan fingerprint density at radius 2 is 1.73 bits per heavy atom. The molecule has 0 aromatic heterocycles. The van der Waals surface area contributed by atoms with E-state index < -0.39 is 28.7 Å². The molecule has 1 amide bonds. The fourth-order valence-corrected chi connectivity index (χ4v) is 5.28. The summed E-state index contributed by atoms with van der Waals surface area (Å²) in [4.78, 5) is 13.7. The van der Waals surface area contributed by atoms with Crippen LogP contribution in [0.15, 0.2) is 47.4 Å². The van der Waals surface area contributed by atoms with E-state index in [-0.39, 0.29) is 17.0 Å². The molecule has 0 aliphatic carbocycles. The number of piperidine rings is 1. The maximum Gasteiger partial charge on any atom is 0.406 e. The van der Waals surface area contributed by atoms with Crippen molar-refractivity contribution in [1.29, 1.82) is 5.26 Å². The van der Waals surface area contributed by atoms with Gasteiger partial charge in [-0.3, -0.25) is 4.79 Å². The molecule has 0 saturated carbocycles. The number of rotatable bonds is 6. The van der Waals surface area contributed by atoms with Gasteiger partial charge in [0.2, 0.25) is 10.0 Å². The van der Waals surface area contributed by atoms with Crippen molar-refractivity contribution in [3.63, 3.8) is 0 Å². The molecule has 1 aliphatic heterocycles. The third-order valence-electron chi connectivity index (χ3n) is 5.51. The summed E-state index contributed by atoms with van der Waals surface area (Å²) in [5.41, 5.74) is 1.05. The van der Waals surface area contributed by atoms with Crippen LogP contribution in [-0.4, -0.2) is 49.3 Å². The quantitative estimate of drug-likeness (QED) is 0.621. The maximum absolute atomic E-state index is 13.3. The smallest absolute Gasteiger partial charge is 0.325 e. The van der Waals surface area contributed by atoms with Crippen LogP contribution < -0.4 is 0 Å². The van der Waals surface area contributed by atoms with E-state index in [9.17, 15) is 26.4 Å². The first-order valence-corrected chi connectivity index (χ1v) is 11.9. The SMILES string of the molecule is Cc1ccc(S(=O)(=O)N2CCCCC2)cc1C(=O)N(Cc1ccc(C#N)cc1)CC(F)(F)F. The zero-order valence-electron chi connectivity index (χ0n) is 18.1. The van der Waals surface area contributed by atoms with Gasteiger partial charge in [0.15, 0.2) is 0 Å². The van der Waals surface area contributed by atoms with Gasteiger partial charge in [0.1, 0.15) is 6.54 Å². The van der Waals surface area contributed by atoms with Gasteiger partial charge in [-0.25, -0.2) is 8.42 Å². The number of benzene rings is 2. The Morgan fingerprint density at radius 3 is 2.30 bits per heavy atom. The largest absolute Gasteiger partial charge is 0.406 e. The normalized spacial score (nSPS) is 15.1. The first kappa shape index (κ1) is 24.7. The number of sulfonamides is 1. The minimum Gasteiger partial charge on any atom is -0.325 e. The average Bonchev–Trinajstić information content (AvgIpc) is 2.78. The van der Waals surface area contributed by atoms with Crippen molar-refractivity contribution >= 4 is 15.9 Å². The van der Waals surface area contributed by atoms with Crippen LogP contribution in [0.1, 0.15) is 46.3 Å². The lowest BCUT2D eigenvalue weighted by Crippen LogP contribution is -2.39. The van der Waals surface area contributed by atoms with Gasteiger partial charge >= 0.3 is 6.18 Å². The zero-order chi connectivity index (χ0) is 24.2. The molecule has 1 saturated heterocycles. The van der Waals surface area contributed by atoms with Crippen molar-refractivity contribution in [3.05, 3.63) is 64.7 Å². The number of nitrogens with zero attached hydrogens (tertiary/aromatic N) is 3. The van der Waals surface area contributed by atoms with E-state index in [1.807, 2.05) is 6.07 Å². The van der Waals surface area contributed by atoms with E-state index in [0.29, 0.717) is 34.7 Å². The Hall–Kier alpha value is -2.90. The minimum absolute atomic E-state index is 0.0917. The van der Waals surface area contributed by atoms with Crippen molar-refractivity contribution < 1.29 is 26.4 Å². The Morgan fingerprint density at radius 1 is 1.09 bits per heavy atom. The van der Waals surface area contributed by atoms with Crippen molar-refractivity contribution in [3.8, 4) is 6.07 Å². The van der Waals surface area contributed by atoms with Crippen LogP contribution in [0.2, 0.25) is 0 Å². The van der Waals surface area contributed by atoms with Crippen LogP contribution in [0.4, 0.5) is 13.2 Å². The van der Waals surface area contributed by atoms with Crippen molar-refractivity contribution in [1.82, 2.24) is 9.21 Å². The molecular weight excluding hydrogens is 455 g/mol. The molecule has 1 aliphatic rings. The highest BCUT2D eigenvalue weighted by atomic mass is 32.2. The first-order chi connectivity index (χ1) is 15.5. The molecule has 0 unspecified atom stereocenters. The summed E-state index contributed by atoms with van der Waals surface area (Å²) < 4.78 is 67.2. The van der Waals surface area contributed by atoms with Gasteiger partial charge < -0.3 is 4.90 Å². The summed E-state index contributed by atoms with van der Waals surface area (Å²) in [7, 11) is -3.85. The Bertz CT molecular complexity index is 1150. The number of hydrogen-bond donors (Lipinski definition) is 0. The number of aryl methyl sites for hydroxylation is 1. The van der Waals surface area contributed by atoms with Gasteiger partial charge in [-0.15, -0.1) is 0 Å². The third-order valence-corrected chi connectivity index (χ3v) is 7.40. The van der Waals surface area contributed by atoms with Gasteiger partial charge in [0.25, 0.3) is 5.91 Å². The van der Waals surface area contributed by atoms with Gasteiger partial charge in [-0.05, 0) is 55.2 Å². The predicted molar refractivity (Wildman–Crippen MR) is 116 cm³/mol. The topological polar surface area (TPSA) is 81.5 Å². The number of carbonyl (C=O) groups is 1. The van der Waals surface area contributed by atoms with Crippen molar-refractivity contribution in [2.75, 3.05) is 19.6 Å². The summed E-state index contributed by atoms with van der Waals surface area (Å²) in [6, 6.07) is 11.8. The lowest BCUT2D eigenvalue weighted by molar-refractivity contribution is -0.141. The van der Waals surface area contributed by atoms with E-state index in [1.54, 1.807) is 6.92 Å². The van der Waals surface area contributed by atoms with Gasteiger partial charge in [0.05, 0.1) is 16.5 Å². The third kappa shape index (κ3) is 6.12. The second kappa shape index (κ2) is 9.93. The molecule has 0 spiro atoms. The summed E-state index contributed by atoms with van der Waals surface area (Å²) in [5, 5.41) is 8.90. The fourth-order valence-electron chi connectivity index (χ4n) is 3.74. The second-order valence-electron chi connectivity index (χ2n) is 8.03. The fraction of sp³-hybridized carbons (Fsp3) is 0.391. The van der Waals surface area contributed by atoms with E-state index in [2.05, 4.69) is 0 Å². The molecule has 2 aromatic rings. The summed E-state index contributed by atoms with van der Waals surface area (Å²) >= 11 is 0. The molecule has 6 nitrogen and oxygen atoms in total. The van der Waals surface area contributed by atoms with Crippen molar-refractivity contribution in [2.24, 2.45) is 0 Å². The monoisotopic (exact) mass is 479 g/mol. The highest BCUT2D eigenvalue weighted by molar-refractivity contribution is 7.89. The number of amides is 1. The summed E-state index contributed by atoms with van der Waals surface area (Å²) in [5.74, 6) is -0.912. The summed E-state index contributed by atoms with van der Waals surface area (Å²) in [6.07, 6.45) is -2.24. The molecule has 2 aromatic carbocycles. The molecule has 1 heterocycles. The lowest BCUT2D eigenvalue weighted by Gasteiger charge is -2.27. The predicted octanol–water partition coefficient (Wildman–Crippen LogP) is 4.25. The first-order valence-electron chi connectivity index (χ1n) is 10.5. The van der Waals surface area contributed by atoms with E-state index in [0.717, 1.165) is 19.3 Å². The standard InChI is InChI=1S/C23H24F3N3O3S/c1-17-5-10-20(33(31,32)29-11-3-2-4-12-29)13-21(17)22(30)28(16-23(24,25)26)15-19-8-6-18(14-27)7-9-19/h5-10,13H,2-4,11-12,15-16H2,1H3. The number of hydrogen-bond acceptors (Lipinski definition) is 4. The van der Waals surface area contributed by atoms with Crippen LogP contribution in [0.5, 0.6) is 0 Å². The molecule has 10 heteroatoms. The van der Waals surface area contributed by atoms with E-state index in [1.165, 1.54) is 46.8 Å². The molecule has 0 N–H and O–H groups in total. The maximum atomic E-state index is 13.3. The van der Waals surface area contributed by atoms with Crippen LogP contribution in [0.3, 0.4) is 0 Å². The van der Waals surface area contributed by atoms with E-state index >= 15 is 0 Å². The number of nitriles is 1. The summed E-state index contributed by atoms with van der Waals surface area (Å²) in [6.45, 7) is 0.468. The molecular formula is C23H24F3N3O3S. The Balaban J connectivity index is 1.94. The zero-order valence-corrected chi connectivity index (χ0v) is 18.9. The van der Waals surface area contributed by atoms with Crippen LogP contribution in [0, 0.1) is 18.3 Å². The number of halogens is 3. The van der Waals surface area contributed by atoms with Crippen LogP contribution >= 0.6 is 0 Å². The van der Waals surface area contributed by atoms with Crippen LogP contribution in [-0.2, 0) is 16.6 Å². The van der Waals surface area contributed by atoms with Gasteiger partial charge in [0, 0.05) is 25.2 Å². The number of carbonyl (C=O) groups excluding carboxylic acids is 1. The molecule has 3 rings (SSSR count). The van der Waals surface area contributed by atoms with Crippen LogP contribution in [0.25, 0.3) is 0 Å². The Kier molecular flexibility index (Phi) is 7.44. The molecule has 176 valence electrons. The molecule has 1 fully saturated rings. The highest BCUT2D eigenvalue weighted by Crippen LogP contribution is 2.26. The van der Waals surface area contributed by atoms with Crippen molar-refractivity contribution in [2.45, 2.75) is 43.8 Å². The average molecular weight is 480 g/mol. The number of alkyl halides is 3. The molecule has 33 heavy (non-hydrogen) atoms. The van der Waals surface area contributed by atoms with E-state index in [4.69, 9.17) is 5.26 Å². The molecule has 0 radical (unpaired) electrons.